The maximum atomic E-state index is 5.62. The Kier molecular flexibility index (Phi) is 5.26. The molecule has 0 radical (unpaired) electrons. The largest absolute Gasteiger partial charge is 0.330 e. The van der Waals surface area contributed by atoms with Crippen LogP contribution in [0.25, 0.3) is 0 Å². The van der Waals surface area contributed by atoms with E-state index in [0.717, 1.165) is 25.0 Å². The molecule has 0 aromatic carbocycles. The van der Waals surface area contributed by atoms with Crippen molar-refractivity contribution >= 4 is 0 Å². The van der Waals surface area contributed by atoms with Gasteiger partial charge in [0.25, 0.3) is 0 Å². The molecule has 3 heteroatoms. The summed E-state index contributed by atoms with van der Waals surface area (Å²) in [4.78, 5) is 5.26. The molecule has 2 rings (SSSR count). The van der Waals surface area contributed by atoms with Gasteiger partial charge in [-0.3, -0.25) is 0 Å². The Morgan fingerprint density at radius 3 is 2.65 bits per heavy atom. The molecule has 1 saturated heterocycles. The first-order valence-corrected chi connectivity index (χ1v) is 7.45. The fourth-order valence-corrected chi connectivity index (χ4v) is 3.03. The van der Waals surface area contributed by atoms with Crippen LogP contribution in [-0.4, -0.2) is 55.1 Å². The van der Waals surface area contributed by atoms with Crippen molar-refractivity contribution in [3.05, 3.63) is 0 Å². The number of nitrogens with two attached hydrogens (primary N) is 1. The first kappa shape index (κ1) is 13.3. The summed E-state index contributed by atoms with van der Waals surface area (Å²) in [7, 11) is 2.30. The van der Waals surface area contributed by atoms with Gasteiger partial charge in [0.15, 0.2) is 0 Å². The highest BCUT2D eigenvalue weighted by Crippen LogP contribution is 2.28. The summed E-state index contributed by atoms with van der Waals surface area (Å²) >= 11 is 0. The number of hydrogen-bond donors (Lipinski definition) is 1. The number of piperidine rings is 1. The highest BCUT2D eigenvalue weighted by atomic mass is 15.2. The van der Waals surface area contributed by atoms with Crippen molar-refractivity contribution in [3.63, 3.8) is 0 Å². The van der Waals surface area contributed by atoms with Crippen molar-refractivity contribution in [1.29, 1.82) is 0 Å². The van der Waals surface area contributed by atoms with Crippen LogP contribution in [0.3, 0.4) is 0 Å². The SMILES string of the molecule is CN1CCCCC1CCN(CCCN)C1CC1. The first-order chi connectivity index (χ1) is 8.31. The highest BCUT2D eigenvalue weighted by molar-refractivity contribution is 4.86. The van der Waals surface area contributed by atoms with Gasteiger partial charge in [0, 0.05) is 12.1 Å². The standard InChI is InChI=1S/C14H29N3/c1-16-10-3-2-5-13(16)8-12-17(11-4-9-15)14-6-7-14/h13-14H,2-12,15H2,1H3. The fourth-order valence-electron chi connectivity index (χ4n) is 3.03. The van der Waals surface area contributed by atoms with E-state index in [2.05, 4.69) is 16.8 Å². The summed E-state index contributed by atoms with van der Waals surface area (Å²) in [6.07, 6.45) is 9.60. The predicted octanol–water partition coefficient (Wildman–Crippen LogP) is 1.67. The number of rotatable bonds is 7. The molecule has 17 heavy (non-hydrogen) atoms. The molecule has 0 aromatic rings. The lowest BCUT2D eigenvalue weighted by atomic mass is 10.00. The Hall–Kier alpha value is -0.120. The van der Waals surface area contributed by atoms with Crippen LogP contribution in [-0.2, 0) is 0 Å². The van der Waals surface area contributed by atoms with Crippen molar-refractivity contribution in [1.82, 2.24) is 9.80 Å². The lowest BCUT2D eigenvalue weighted by Crippen LogP contribution is -2.40. The van der Waals surface area contributed by atoms with Crippen LogP contribution in [0.5, 0.6) is 0 Å². The molecule has 3 nitrogen and oxygen atoms in total. The molecule has 2 N–H and O–H groups in total. The molecular formula is C14H29N3. The molecule has 1 atom stereocenters. The van der Waals surface area contributed by atoms with E-state index in [-0.39, 0.29) is 0 Å². The molecule has 0 spiro atoms. The van der Waals surface area contributed by atoms with E-state index in [0.29, 0.717) is 0 Å². The van der Waals surface area contributed by atoms with Crippen LogP contribution >= 0.6 is 0 Å². The lowest BCUT2D eigenvalue weighted by Gasteiger charge is -2.34. The van der Waals surface area contributed by atoms with Crippen LogP contribution in [0, 0.1) is 0 Å². The van der Waals surface area contributed by atoms with E-state index < -0.39 is 0 Å². The molecule has 0 bridgehead atoms. The molecule has 2 fully saturated rings. The van der Waals surface area contributed by atoms with Gasteiger partial charge in [0.1, 0.15) is 0 Å². The van der Waals surface area contributed by atoms with Crippen molar-refractivity contribution in [2.75, 3.05) is 33.2 Å². The van der Waals surface area contributed by atoms with Gasteiger partial charge in [-0.25, -0.2) is 0 Å². The first-order valence-electron chi connectivity index (χ1n) is 7.45. The van der Waals surface area contributed by atoms with E-state index >= 15 is 0 Å². The zero-order valence-electron chi connectivity index (χ0n) is 11.4. The minimum Gasteiger partial charge on any atom is -0.330 e. The Morgan fingerprint density at radius 1 is 1.18 bits per heavy atom. The Bertz CT molecular complexity index is 216. The zero-order valence-corrected chi connectivity index (χ0v) is 11.4. The van der Waals surface area contributed by atoms with Crippen LogP contribution in [0.1, 0.15) is 44.9 Å². The van der Waals surface area contributed by atoms with E-state index in [1.807, 2.05) is 0 Å². The summed E-state index contributed by atoms with van der Waals surface area (Å²) in [6.45, 7) is 4.65. The van der Waals surface area contributed by atoms with Crippen molar-refractivity contribution in [2.24, 2.45) is 5.73 Å². The second kappa shape index (κ2) is 6.72. The Morgan fingerprint density at radius 2 is 2.00 bits per heavy atom. The average Bonchev–Trinajstić information content (AvgIpc) is 3.15. The molecule has 1 aliphatic carbocycles. The van der Waals surface area contributed by atoms with Gasteiger partial charge in [-0.15, -0.1) is 0 Å². The molecule has 0 amide bonds. The molecule has 1 heterocycles. The van der Waals surface area contributed by atoms with Crippen molar-refractivity contribution in [3.8, 4) is 0 Å². The van der Waals surface area contributed by atoms with Gasteiger partial charge in [-0.2, -0.15) is 0 Å². The summed E-state index contributed by atoms with van der Waals surface area (Å²) in [5.74, 6) is 0. The third-order valence-corrected chi connectivity index (χ3v) is 4.38. The summed E-state index contributed by atoms with van der Waals surface area (Å²) in [5, 5.41) is 0. The maximum Gasteiger partial charge on any atom is 0.0104 e. The van der Waals surface area contributed by atoms with E-state index in [9.17, 15) is 0 Å². The van der Waals surface area contributed by atoms with Gasteiger partial charge in [0.05, 0.1) is 0 Å². The van der Waals surface area contributed by atoms with E-state index in [1.165, 1.54) is 58.2 Å². The predicted molar refractivity (Wildman–Crippen MR) is 73.2 cm³/mol. The molecule has 1 aliphatic heterocycles. The Balaban J connectivity index is 1.70. The molecule has 0 aromatic heterocycles. The van der Waals surface area contributed by atoms with Gasteiger partial charge in [0.2, 0.25) is 0 Å². The van der Waals surface area contributed by atoms with Crippen LogP contribution in [0.4, 0.5) is 0 Å². The molecule has 2 aliphatic rings. The van der Waals surface area contributed by atoms with Gasteiger partial charge < -0.3 is 15.5 Å². The van der Waals surface area contributed by atoms with Crippen LogP contribution in [0.15, 0.2) is 0 Å². The lowest BCUT2D eigenvalue weighted by molar-refractivity contribution is 0.151. The van der Waals surface area contributed by atoms with E-state index in [1.54, 1.807) is 0 Å². The second-order valence-corrected chi connectivity index (χ2v) is 5.83. The normalized spacial score (nSPS) is 26.6. The van der Waals surface area contributed by atoms with Gasteiger partial charge >= 0.3 is 0 Å². The average molecular weight is 239 g/mol. The number of nitrogens with zero attached hydrogens (tertiary/aromatic N) is 2. The minimum absolute atomic E-state index is 0.836. The number of likely N-dealkylation sites (tertiary alicyclic amines) is 1. The molecular weight excluding hydrogens is 210 g/mol. The molecule has 100 valence electrons. The highest BCUT2D eigenvalue weighted by Gasteiger charge is 2.29. The monoisotopic (exact) mass is 239 g/mol. The van der Waals surface area contributed by atoms with Crippen LogP contribution in [0.2, 0.25) is 0 Å². The smallest absolute Gasteiger partial charge is 0.0104 e. The summed E-state index contributed by atoms with van der Waals surface area (Å²) in [5.41, 5.74) is 5.62. The van der Waals surface area contributed by atoms with Crippen LogP contribution < -0.4 is 5.73 Å². The summed E-state index contributed by atoms with van der Waals surface area (Å²) in [6, 6.07) is 1.73. The molecule has 1 saturated carbocycles. The van der Waals surface area contributed by atoms with E-state index in [4.69, 9.17) is 5.73 Å². The fraction of sp³-hybridized carbons (Fsp3) is 1.00. The molecule has 1 unspecified atom stereocenters. The van der Waals surface area contributed by atoms with Crippen molar-refractivity contribution in [2.45, 2.75) is 57.0 Å². The topological polar surface area (TPSA) is 32.5 Å². The number of hydrogen-bond acceptors (Lipinski definition) is 3. The maximum absolute atomic E-state index is 5.62. The van der Waals surface area contributed by atoms with Gasteiger partial charge in [-0.05, 0) is 71.8 Å². The quantitative estimate of drug-likeness (QED) is 0.733. The second-order valence-electron chi connectivity index (χ2n) is 5.83. The van der Waals surface area contributed by atoms with Crippen molar-refractivity contribution < 1.29 is 0 Å². The van der Waals surface area contributed by atoms with Gasteiger partial charge in [-0.1, -0.05) is 6.42 Å². The third kappa shape index (κ3) is 4.23. The summed E-state index contributed by atoms with van der Waals surface area (Å²) < 4.78 is 0. The minimum atomic E-state index is 0.836. The third-order valence-electron chi connectivity index (χ3n) is 4.38. The Labute approximate surface area is 106 Å². The zero-order chi connectivity index (χ0) is 12.1.